The molecule has 0 spiro atoms. The summed E-state index contributed by atoms with van der Waals surface area (Å²) < 4.78 is 5.25. The van der Waals surface area contributed by atoms with Crippen LogP contribution in [0.4, 0.5) is 0 Å². The third-order valence-electron chi connectivity index (χ3n) is 4.17. The fraction of sp³-hybridized carbons (Fsp3) is 0.278. The van der Waals surface area contributed by atoms with E-state index >= 15 is 0 Å². The molecule has 0 amide bonds. The van der Waals surface area contributed by atoms with E-state index in [4.69, 9.17) is 4.65 Å². The second-order valence-electron chi connectivity index (χ2n) is 5.92. The van der Waals surface area contributed by atoms with Crippen molar-refractivity contribution in [2.24, 2.45) is 0 Å². The minimum atomic E-state index is -0.875. The van der Waals surface area contributed by atoms with Crippen LogP contribution in [-0.2, 0) is 17.5 Å². The van der Waals surface area contributed by atoms with Crippen LogP contribution in [0.25, 0.3) is 0 Å². The van der Waals surface area contributed by atoms with Crippen molar-refractivity contribution in [2.45, 2.75) is 26.7 Å². The van der Waals surface area contributed by atoms with Crippen molar-refractivity contribution in [3.63, 3.8) is 0 Å². The topological polar surface area (TPSA) is 46.5 Å². The summed E-state index contributed by atoms with van der Waals surface area (Å²) in [5, 5.41) is 9.90. The number of ketones is 1. The van der Waals surface area contributed by atoms with E-state index in [2.05, 4.69) is 0 Å². The summed E-state index contributed by atoms with van der Waals surface area (Å²) in [7, 11) is -0.875. The van der Waals surface area contributed by atoms with Gasteiger partial charge < -0.3 is 9.68 Å². The molecule has 1 N–H and O–H groups in total. The molecule has 1 aliphatic heterocycles. The molecule has 2 aromatic carbocycles. The summed E-state index contributed by atoms with van der Waals surface area (Å²) >= 11 is 0. The normalized spacial score (nSPS) is 13.9. The molecule has 0 radical (unpaired) electrons. The van der Waals surface area contributed by atoms with Gasteiger partial charge in [0.05, 0.1) is 0 Å². The predicted octanol–water partition coefficient (Wildman–Crippen LogP) is 1.99. The Balaban J connectivity index is 1.84. The highest BCUT2D eigenvalue weighted by molar-refractivity contribution is 6.60. The van der Waals surface area contributed by atoms with E-state index in [9.17, 15) is 9.82 Å². The molecule has 112 valence electrons. The van der Waals surface area contributed by atoms with Gasteiger partial charge in [-0.05, 0) is 42.4 Å². The minimum absolute atomic E-state index is 0.101. The molecule has 3 nitrogen and oxygen atoms in total. The summed E-state index contributed by atoms with van der Waals surface area (Å²) in [4.78, 5) is 12.5. The Bertz CT molecular complexity index is 724. The van der Waals surface area contributed by atoms with Gasteiger partial charge in [0, 0.05) is 18.6 Å². The van der Waals surface area contributed by atoms with Gasteiger partial charge in [-0.1, -0.05) is 42.0 Å². The van der Waals surface area contributed by atoms with E-state index in [1.165, 1.54) is 0 Å². The fourth-order valence-corrected chi connectivity index (χ4v) is 2.99. The average molecular weight is 294 g/mol. The number of Topliss-reactive ketones (excluding diaryl/α,β-unsaturated/α-hetero) is 1. The van der Waals surface area contributed by atoms with Crippen LogP contribution >= 0.6 is 0 Å². The number of fused-ring (bicyclic) bond motifs is 1. The lowest BCUT2D eigenvalue weighted by Gasteiger charge is -2.19. The third kappa shape index (κ3) is 2.98. The molecule has 0 bridgehead atoms. The van der Waals surface area contributed by atoms with Crippen LogP contribution in [0.1, 0.15) is 32.6 Å². The Labute approximate surface area is 131 Å². The first-order valence-electron chi connectivity index (χ1n) is 7.56. The van der Waals surface area contributed by atoms with Gasteiger partial charge in [-0.3, -0.25) is 4.79 Å². The van der Waals surface area contributed by atoms with Gasteiger partial charge in [0.25, 0.3) is 0 Å². The van der Waals surface area contributed by atoms with E-state index in [-0.39, 0.29) is 5.78 Å². The molecule has 0 saturated heterocycles. The smallest absolute Gasteiger partial charge is 0.423 e. The van der Waals surface area contributed by atoms with Crippen molar-refractivity contribution < 1.29 is 14.5 Å². The molecule has 0 aliphatic carbocycles. The highest BCUT2D eigenvalue weighted by Gasteiger charge is 2.25. The number of hydrogen-bond donors (Lipinski definition) is 1. The van der Waals surface area contributed by atoms with Crippen LogP contribution in [0.5, 0.6) is 0 Å². The van der Waals surface area contributed by atoms with Crippen molar-refractivity contribution >= 4 is 18.4 Å². The van der Waals surface area contributed by atoms with E-state index in [1.54, 1.807) is 0 Å². The van der Waals surface area contributed by atoms with Crippen LogP contribution in [-0.4, -0.2) is 24.5 Å². The van der Waals surface area contributed by atoms with E-state index in [0.29, 0.717) is 13.0 Å². The molecule has 0 saturated carbocycles. The van der Waals surface area contributed by atoms with Gasteiger partial charge in [0.1, 0.15) is 0 Å². The lowest BCUT2D eigenvalue weighted by molar-refractivity contribution is 0.0992. The quantitative estimate of drug-likeness (QED) is 0.695. The zero-order chi connectivity index (χ0) is 15.7. The van der Waals surface area contributed by atoms with Crippen LogP contribution < -0.4 is 5.46 Å². The lowest BCUT2D eigenvalue weighted by atomic mass is 9.72. The first-order chi connectivity index (χ1) is 10.5. The molecule has 0 atom stereocenters. The second-order valence-corrected chi connectivity index (χ2v) is 5.92. The molecule has 0 fully saturated rings. The van der Waals surface area contributed by atoms with Crippen LogP contribution in [0.15, 0.2) is 36.4 Å². The number of hydrogen-bond acceptors (Lipinski definition) is 3. The average Bonchev–Trinajstić information content (AvgIpc) is 2.48. The van der Waals surface area contributed by atoms with Gasteiger partial charge in [-0.15, -0.1) is 0 Å². The molecule has 2 aromatic rings. The van der Waals surface area contributed by atoms with Crippen molar-refractivity contribution in [1.82, 2.24) is 0 Å². The summed E-state index contributed by atoms with van der Waals surface area (Å²) in [5.41, 5.74) is 5.72. The Morgan fingerprint density at radius 2 is 2.05 bits per heavy atom. The molecule has 3 rings (SSSR count). The SMILES string of the molecule is Cc1ccc(C(=O)Cc2ccc3c(c2)B(O)OCC3)c(C)c1. The van der Waals surface area contributed by atoms with Crippen molar-refractivity contribution in [3.05, 3.63) is 64.2 Å². The Morgan fingerprint density at radius 1 is 1.23 bits per heavy atom. The van der Waals surface area contributed by atoms with Gasteiger partial charge >= 0.3 is 7.12 Å². The lowest BCUT2D eigenvalue weighted by Crippen LogP contribution is -2.41. The molecular weight excluding hydrogens is 275 g/mol. The largest absolute Gasteiger partial charge is 0.491 e. The molecule has 4 heteroatoms. The highest BCUT2D eigenvalue weighted by atomic mass is 16.5. The summed E-state index contributed by atoms with van der Waals surface area (Å²) in [6.07, 6.45) is 1.14. The Morgan fingerprint density at radius 3 is 2.82 bits per heavy atom. The van der Waals surface area contributed by atoms with Crippen LogP contribution in [0.2, 0.25) is 0 Å². The third-order valence-corrected chi connectivity index (χ3v) is 4.17. The number of carbonyl (C=O) groups is 1. The molecule has 1 aliphatic rings. The van der Waals surface area contributed by atoms with Gasteiger partial charge in [-0.2, -0.15) is 0 Å². The summed E-state index contributed by atoms with van der Waals surface area (Å²) in [5.74, 6) is 0.101. The van der Waals surface area contributed by atoms with Gasteiger partial charge in [0.15, 0.2) is 5.78 Å². The minimum Gasteiger partial charge on any atom is -0.423 e. The van der Waals surface area contributed by atoms with Crippen molar-refractivity contribution in [1.29, 1.82) is 0 Å². The van der Waals surface area contributed by atoms with Gasteiger partial charge in [-0.25, -0.2) is 0 Å². The van der Waals surface area contributed by atoms with E-state index in [1.807, 2.05) is 50.2 Å². The monoisotopic (exact) mass is 294 g/mol. The first kappa shape index (κ1) is 15.0. The standard InChI is InChI=1S/C18H19BO3/c1-12-3-6-16(13(2)9-12)18(20)11-14-4-5-15-7-8-22-19(21)17(15)10-14/h3-6,9-10,21H,7-8,11H2,1-2H3. The zero-order valence-electron chi connectivity index (χ0n) is 12.9. The molecule has 0 unspecified atom stereocenters. The van der Waals surface area contributed by atoms with Crippen molar-refractivity contribution in [3.8, 4) is 0 Å². The predicted molar refractivity (Wildman–Crippen MR) is 87.7 cm³/mol. The van der Waals surface area contributed by atoms with E-state index < -0.39 is 7.12 Å². The Hall–Kier alpha value is -1.91. The maximum absolute atomic E-state index is 12.5. The van der Waals surface area contributed by atoms with Gasteiger partial charge in [0.2, 0.25) is 0 Å². The second kappa shape index (κ2) is 6.07. The fourth-order valence-electron chi connectivity index (χ4n) is 2.99. The zero-order valence-corrected chi connectivity index (χ0v) is 12.9. The number of benzene rings is 2. The Kier molecular flexibility index (Phi) is 4.14. The molecule has 1 heterocycles. The van der Waals surface area contributed by atoms with Crippen molar-refractivity contribution in [2.75, 3.05) is 6.61 Å². The highest BCUT2D eigenvalue weighted by Crippen LogP contribution is 2.15. The summed E-state index contributed by atoms with van der Waals surface area (Å²) in [6.45, 7) is 4.52. The maximum Gasteiger partial charge on any atom is 0.491 e. The van der Waals surface area contributed by atoms with Crippen LogP contribution in [0.3, 0.4) is 0 Å². The molecular formula is C18H19BO3. The number of rotatable bonds is 3. The summed E-state index contributed by atoms with van der Waals surface area (Å²) in [6, 6.07) is 11.7. The maximum atomic E-state index is 12.5. The molecule has 22 heavy (non-hydrogen) atoms. The first-order valence-corrected chi connectivity index (χ1v) is 7.56. The molecule has 0 aromatic heterocycles. The number of aryl methyl sites for hydroxylation is 2. The van der Waals surface area contributed by atoms with E-state index in [0.717, 1.165) is 39.7 Å². The van der Waals surface area contributed by atoms with Crippen LogP contribution in [0, 0.1) is 13.8 Å². The number of carbonyl (C=O) groups excluding carboxylic acids is 1.